The van der Waals surface area contributed by atoms with E-state index in [9.17, 15) is 40.7 Å². The Hall–Kier alpha value is -4.37. The van der Waals surface area contributed by atoms with Gasteiger partial charge in [0.15, 0.2) is 0 Å². The number of halogens is 4. The van der Waals surface area contributed by atoms with Gasteiger partial charge in [0, 0.05) is 30.9 Å². The highest BCUT2D eigenvalue weighted by Gasteiger charge is 2.35. The Morgan fingerprint density at radius 1 is 1.09 bits per heavy atom. The zero-order valence-corrected chi connectivity index (χ0v) is 25.3. The Balaban J connectivity index is 1.57. The van der Waals surface area contributed by atoms with Crippen LogP contribution in [0.5, 0.6) is 5.75 Å². The number of hydrogen-bond acceptors (Lipinski definition) is 6. The van der Waals surface area contributed by atoms with Crippen molar-refractivity contribution in [2.45, 2.75) is 37.1 Å². The maximum Gasteiger partial charge on any atom is 0.416 e. The number of nitrogens with zero attached hydrogens (tertiary/aromatic N) is 2. The molecule has 0 saturated carbocycles. The minimum Gasteiger partial charge on any atom is -0.487 e. The Labute approximate surface area is 257 Å². The van der Waals surface area contributed by atoms with Crippen LogP contribution < -0.4 is 14.8 Å². The van der Waals surface area contributed by atoms with E-state index in [1.807, 2.05) is 0 Å². The number of benzene rings is 3. The summed E-state index contributed by atoms with van der Waals surface area (Å²) in [4.78, 5) is 29.1. The van der Waals surface area contributed by atoms with Gasteiger partial charge in [-0.15, -0.1) is 0 Å². The van der Waals surface area contributed by atoms with Crippen LogP contribution in [-0.2, 0) is 16.2 Å². The minimum absolute atomic E-state index is 0.00155. The molecule has 0 spiro atoms. The number of fused-ring (bicyclic) bond motifs is 1. The standard InChI is InChI=1S/C30H32F4N4O6S/c1-18-15-38(19(2)17-39)28(40)25-14-23(36-45(42,43)24-11-6-21(31)7-12-24)10-13-26(25)44-27(18)16-37(3)29(41)35-22-8-4-20(5-9-22)30(32,33)34/h4-14,18-19,27,36,39H,15-17H2,1-3H3,(H,35,41)/t18-,19-,27+/m1/s1. The van der Waals surface area contributed by atoms with E-state index in [1.54, 1.807) is 13.8 Å². The van der Waals surface area contributed by atoms with E-state index in [0.29, 0.717) is 0 Å². The Bertz CT molecular complexity index is 1640. The van der Waals surface area contributed by atoms with Crippen molar-refractivity contribution < 1.29 is 45.4 Å². The average molecular weight is 653 g/mol. The second-order valence-electron chi connectivity index (χ2n) is 10.8. The number of aliphatic hydroxyl groups is 1. The van der Waals surface area contributed by atoms with E-state index in [-0.39, 0.29) is 53.2 Å². The highest BCUT2D eigenvalue weighted by atomic mass is 32.2. The van der Waals surface area contributed by atoms with Gasteiger partial charge in [-0.3, -0.25) is 9.52 Å². The summed E-state index contributed by atoms with van der Waals surface area (Å²) in [7, 11) is -2.66. The molecule has 0 bridgehead atoms. The monoisotopic (exact) mass is 652 g/mol. The average Bonchev–Trinajstić information content (AvgIpc) is 2.98. The maximum atomic E-state index is 13.7. The molecule has 0 fully saturated rings. The van der Waals surface area contributed by atoms with Gasteiger partial charge in [0.2, 0.25) is 0 Å². The normalized spacial score (nSPS) is 17.8. The van der Waals surface area contributed by atoms with Crippen LogP contribution in [0.2, 0.25) is 0 Å². The summed E-state index contributed by atoms with van der Waals surface area (Å²) in [6.45, 7) is 3.21. The van der Waals surface area contributed by atoms with E-state index in [1.165, 1.54) is 35.0 Å². The predicted octanol–water partition coefficient (Wildman–Crippen LogP) is 5.03. The second-order valence-corrected chi connectivity index (χ2v) is 12.5. The Morgan fingerprint density at radius 3 is 2.31 bits per heavy atom. The zero-order chi connectivity index (χ0) is 33.1. The summed E-state index contributed by atoms with van der Waals surface area (Å²) in [6, 6.07) is 11.0. The van der Waals surface area contributed by atoms with Gasteiger partial charge in [0.05, 0.1) is 35.2 Å². The van der Waals surface area contributed by atoms with E-state index in [0.717, 1.165) is 48.5 Å². The van der Waals surface area contributed by atoms with Crippen LogP contribution in [0.25, 0.3) is 0 Å². The molecule has 3 aromatic carbocycles. The Morgan fingerprint density at radius 2 is 1.71 bits per heavy atom. The van der Waals surface area contributed by atoms with E-state index in [4.69, 9.17) is 4.74 Å². The quantitative estimate of drug-likeness (QED) is 0.293. The van der Waals surface area contributed by atoms with Crippen molar-refractivity contribution >= 4 is 33.3 Å². The third-order valence-electron chi connectivity index (χ3n) is 7.30. The first-order valence-corrected chi connectivity index (χ1v) is 15.3. The van der Waals surface area contributed by atoms with Gasteiger partial charge >= 0.3 is 12.2 Å². The number of alkyl halides is 3. The molecule has 0 saturated heterocycles. The number of sulfonamides is 1. The lowest BCUT2D eigenvalue weighted by Gasteiger charge is -2.38. The number of nitrogens with one attached hydrogen (secondary N) is 2. The number of rotatable bonds is 8. The van der Waals surface area contributed by atoms with Crippen molar-refractivity contribution in [1.29, 1.82) is 0 Å². The molecule has 1 heterocycles. The van der Waals surface area contributed by atoms with Crippen molar-refractivity contribution in [3.63, 3.8) is 0 Å². The van der Waals surface area contributed by atoms with Crippen molar-refractivity contribution in [3.8, 4) is 5.75 Å². The van der Waals surface area contributed by atoms with Crippen molar-refractivity contribution in [2.24, 2.45) is 5.92 Å². The van der Waals surface area contributed by atoms with Gasteiger partial charge in [-0.25, -0.2) is 17.6 Å². The van der Waals surface area contributed by atoms with Crippen molar-refractivity contribution in [2.75, 3.05) is 36.8 Å². The number of carbonyl (C=O) groups excluding carboxylic acids is 2. The largest absolute Gasteiger partial charge is 0.487 e. The molecule has 0 radical (unpaired) electrons. The van der Waals surface area contributed by atoms with Crippen molar-refractivity contribution in [3.05, 3.63) is 83.7 Å². The third kappa shape index (κ3) is 8.02. The SMILES string of the molecule is C[C@@H]1CN([C@H](C)CO)C(=O)c2cc(NS(=O)(=O)c3ccc(F)cc3)ccc2O[C@H]1CN(C)C(=O)Nc1ccc(C(F)(F)F)cc1. The van der Waals surface area contributed by atoms with Crippen LogP contribution in [0, 0.1) is 11.7 Å². The van der Waals surface area contributed by atoms with Gasteiger partial charge in [0.1, 0.15) is 17.7 Å². The lowest BCUT2D eigenvalue weighted by Crippen LogP contribution is -2.50. The topological polar surface area (TPSA) is 128 Å². The number of hydrogen-bond donors (Lipinski definition) is 3. The molecular formula is C30H32F4N4O6S. The fourth-order valence-corrected chi connectivity index (χ4v) is 5.70. The summed E-state index contributed by atoms with van der Waals surface area (Å²) in [5.74, 6) is -1.39. The number of urea groups is 1. The first kappa shape index (κ1) is 33.5. The molecule has 242 valence electrons. The van der Waals surface area contributed by atoms with E-state index >= 15 is 0 Å². The fraction of sp³-hybridized carbons (Fsp3) is 0.333. The number of ether oxygens (including phenoxy) is 1. The first-order valence-electron chi connectivity index (χ1n) is 13.8. The van der Waals surface area contributed by atoms with E-state index < -0.39 is 51.7 Å². The molecule has 0 aromatic heterocycles. The number of likely N-dealkylation sites (N-methyl/N-ethyl adjacent to an activating group) is 1. The molecule has 3 amide bonds. The lowest BCUT2D eigenvalue weighted by atomic mass is 9.99. The lowest BCUT2D eigenvalue weighted by molar-refractivity contribution is -0.137. The molecule has 3 aromatic rings. The van der Waals surface area contributed by atoms with Crippen LogP contribution in [0.1, 0.15) is 29.8 Å². The number of amides is 3. The zero-order valence-electron chi connectivity index (χ0n) is 24.5. The minimum atomic E-state index is -4.52. The number of aliphatic hydroxyl groups excluding tert-OH is 1. The van der Waals surface area contributed by atoms with Gasteiger partial charge in [-0.1, -0.05) is 6.92 Å². The van der Waals surface area contributed by atoms with E-state index in [2.05, 4.69) is 10.0 Å². The van der Waals surface area contributed by atoms with Crippen LogP contribution in [0.15, 0.2) is 71.6 Å². The van der Waals surface area contributed by atoms with Gasteiger partial charge in [-0.05, 0) is 73.7 Å². The summed E-state index contributed by atoms with van der Waals surface area (Å²) < 4.78 is 86.3. The molecule has 45 heavy (non-hydrogen) atoms. The predicted molar refractivity (Wildman–Crippen MR) is 158 cm³/mol. The summed E-state index contributed by atoms with van der Waals surface area (Å²) in [6.07, 6.45) is -5.21. The highest BCUT2D eigenvalue weighted by molar-refractivity contribution is 7.92. The molecule has 4 rings (SSSR count). The first-order chi connectivity index (χ1) is 21.1. The molecule has 15 heteroatoms. The van der Waals surface area contributed by atoms with Crippen LogP contribution in [-0.4, -0.2) is 74.2 Å². The number of anilines is 2. The summed E-state index contributed by atoms with van der Waals surface area (Å²) in [5.41, 5.74) is -0.666. The number of carbonyl (C=O) groups is 2. The molecular weight excluding hydrogens is 620 g/mol. The Kier molecular flexibility index (Phi) is 9.92. The molecule has 0 aliphatic carbocycles. The van der Waals surface area contributed by atoms with Gasteiger partial charge < -0.3 is 25.0 Å². The van der Waals surface area contributed by atoms with Crippen molar-refractivity contribution in [1.82, 2.24) is 9.80 Å². The highest BCUT2D eigenvalue weighted by Crippen LogP contribution is 2.32. The smallest absolute Gasteiger partial charge is 0.416 e. The van der Waals surface area contributed by atoms with Crippen LogP contribution in [0.4, 0.5) is 33.7 Å². The molecule has 0 unspecified atom stereocenters. The summed E-state index contributed by atoms with van der Waals surface area (Å²) in [5, 5.41) is 12.4. The van der Waals surface area contributed by atoms with Crippen LogP contribution in [0.3, 0.4) is 0 Å². The summed E-state index contributed by atoms with van der Waals surface area (Å²) >= 11 is 0. The molecule has 1 aliphatic rings. The fourth-order valence-electron chi connectivity index (χ4n) is 4.65. The van der Waals surface area contributed by atoms with Gasteiger partial charge in [0.25, 0.3) is 15.9 Å². The van der Waals surface area contributed by atoms with Crippen LogP contribution >= 0.6 is 0 Å². The second kappa shape index (κ2) is 13.3. The molecule has 3 N–H and O–H groups in total. The third-order valence-corrected chi connectivity index (χ3v) is 8.70. The molecule has 1 aliphatic heterocycles. The molecule has 3 atom stereocenters. The molecule has 10 nitrogen and oxygen atoms in total. The van der Waals surface area contributed by atoms with Gasteiger partial charge in [-0.2, -0.15) is 13.2 Å². The maximum absolute atomic E-state index is 13.7.